The van der Waals surface area contributed by atoms with E-state index in [1.165, 1.54) is 0 Å². The summed E-state index contributed by atoms with van der Waals surface area (Å²) in [5.41, 5.74) is 0. The van der Waals surface area contributed by atoms with Crippen molar-refractivity contribution in [1.29, 1.82) is 0 Å². The van der Waals surface area contributed by atoms with Gasteiger partial charge in [0, 0.05) is 6.54 Å². The van der Waals surface area contributed by atoms with E-state index in [9.17, 15) is 9.59 Å². The lowest BCUT2D eigenvalue weighted by atomic mass is 9.79. The summed E-state index contributed by atoms with van der Waals surface area (Å²) in [6.45, 7) is 2.78. The van der Waals surface area contributed by atoms with Gasteiger partial charge in [0.1, 0.15) is 0 Å². The molecule has 0 aromatic heterocycles. The number of carbonyl (C=O) groups excluding carboxylic acids is 1. The second kappa shape index (κ2) is 8.40. The molecule has 2 atom stereocenters. The minimum absolute atomic E-state index is 0.0661. The van der Waals surface area contributed by atoms with Crippen LogP contribution in [0.2, 0.25) is 0 Å². The third-order valence-electron chi connectivity index (χ3n) is 3.39. The molecule has 0 aromatic carbocycles. The third kappa shape index (κ3) is 4.88. The summed E-state index contributed by atoms with van der Waals surface area (Å²) in [6, 6.07) is 0. The summed E-state index contributed by atoms with van der Waals surface area (Å²) in [4.78, 5) is 23.1. The van der Waals surface area contributed by atoms with Crippen molar-refractivity contribution < 1.29 is 14.7 Å². The lowest BCUT2D eigenvalue weighted by Crippen LogP contribution is -2.40. The molecule has 18 heavy (non-hydrogen) atoms. The number of carbonyl (C=O) groups is 2. The molecule has 2 N–H and O–H groups in total. The van der Waals surface area contributed by atoms with Crippen molar-refractivity contribution in [1.82, 2.24) is 5.32 Å². The monoisotopic (exact) mass is 273 g/mol. The Morgan fingerprint density at radius 3 is 2.56 bits per heavy atom. The molecule has 1 aliphatic rings. The van der Waals surface area contributed by atoms with Crippen molar-refractivity contribution in [2.45, 2.75) is 39.0 Å². The molecule has 104 valence electrons. The van der Waals surface area contributed by atoms with Gasteiger partial charge in [-0.1, -0.05) is 19.8 Å². The van der Waals surface area contributed by atoms with Gasteiger partial charge in [0.15, 0.2) is 0 Å². The van der Waals surface area contributed by atoms with Crippen LogP contribution < -0.4 is 5.32 Å². The summed E-state index contributed by atoms with van der Waals surface area (Å²) in [5, 5.41) is 12.0. The van der Waals surface area contributed by atoms with Crippen molar-refractivity contribution >= 4 is 23.6 Å². The SMILES string of the molecule is CCSCCCNC(=O)C1CCCCC1C(=O)O. The van der Waals surface area contributed by atoms with Gasteiger partial charge in [-0.05, 0) is 30.8 Å². The quantitative estimate of drug-likeness (QED) is 0.697. The van der Waals surface area contributed by atoms with E-state index >= 15 is 0 Å². The van der Waals surface area contributed by atoms with Gasteiger partial charge in [0.05, 0.1) is 11.8 Å². The minimum atomic E-state index is -0.823. The average Bonchev–Trinajstić information content (AvgIpc) is 2.38. The van der Waals surface area contributed by atoms with Crippen LogP contribution in [0.1, 0.15) is 39.0 Å². The Labute approximate surface area is 113 Å². The lowest BCUT2D eigenvalue weighted by Gasteiger charge is -2.27. The molecule has 1 fully saturated rings. The predicted octanol–water partition coefficient (Wildman–Crippen LogP) is 2.14. The Morgan fingerprint density at radius 2 is 1.94 bits per heavy atom. The molecule has 0 aromatic rings. The van der Waals surface area contributed by atoms with Crippen LogP contribution in [0, 0.1) is 11.8 Å². The number of rotatable bonds is 7. The van der Waals surface area contributed by atoms with Gasteiger partial charge in [0.2, 0.25) is 5.91 Å². The number of amides is 1. The molecule has 0 radical (unpaired) electrons. The fourth-order valence-corrected chi connectivity index (χ4v) is 3.04. The van der Waals surface area contributed by atoms with E-state index in [0.717, 1.165) is 30.8 Å². The van der Waals surface area contributed by atoms with Crippen LogP contribution in [0.25, 0.3) is 0 Å². The first-order valence-corrected chi connectivity index (χ1v) is 7.90. The molecule has 0 spiro atoms. The number of hydrogen-bond acceptors (Lipinski definition) is 3. The molecule has 2 unspecified atom stereocenters. The van der Waals surface area contributed by atoms with Crippen molar-refractivity contribution in [2.75, 3.05) is 18.1 Å². The smallest absolute Gasteiger partial charge is 0.307 e. The Morgan fingerprint density at radius 1 is 1.28 bits per heavy atom. The second-order valence-electron chi connectivity index (χ2n) is 4.68. The van der Waals surface area contributed by atoms with Gasteiger partial charge in [-0.15, -0.1) is 0 Å². The first-order valence-electron chi connectivity index (χ1n) is 6.75. The fraction of sp³-hybridized carbons (Fsp3) is 0.846. The highest BCUT2D eigenvalue weighted by molar-refractivity contribution is 7.99. The molecule has 0 saturated heterocycles. The van der Waals surface area contributed by atoms with Crippen molar-refractivity contribution in [3.8, 4) is 0 Å². The number of carboxylic acids is 1. The second-order valence-corrected chi connectivity index (χ2v) is 6.07. The first-order chi connectivity index (χ1) is 8.66. The molecule has 5 heteroatoms. The topological polar surface area (TPSA) is 66.4 Å². The Balaban J connectivity index is 2.32. The highest BCUT2D eigenvalue weighted by Crippen LogP contribution is 2.30. The fourth-order valence-electron chi connectivity index (χ4n) is 2.40. The molecule has 1 amide bonds. The van der Waals surface area contributed by atoms with Crippen LogP contribution in [-0.4, -0.2) is 35.0 Å². The van der Waals surface area contributed by atoms with Gasteiger partial charge < -0.3 is 10.4 Å². The molecule has 0 heterocycles. The molecule has 0 bridgehead atoms. The van der Waals surface area contributed by atoms with Gasteiger partial charge in [0.25, 0.3) is 0 Å². The standard InChI is InChI=1S/C13H23NO3S/c1-2-18-9-5-8-14-12(15)10-6-3-4-7-11(10)13(16)17/h10-11H,2-9H2,1H3,(H,14,15)(H,16,17). The summed E-state index contributed by atoms with van der Waals surface area (Å²) in [7, 11) is 0. The van der Waals surface area contributed by atoms with Gasteiger partial charge in [-0.2, -0.15) is 11.8 Å². The molecule has 4 nitrogen and oxygen atoms in total. The number of carboxylic acid groups (broad SMARTS) is 1. The van der Waals surface area contributed by atoms with Crippen molar-refractivity contribution in [3.63, 3.8) is 0 Å². The molecule has 1 aliphatic carbocycles. The van der Waals surface area contributed by atoms with E-state index in [0.29, 0.717) is 19.4 Å². The van der Waals surface area contributed by atoms with E-state index in [1.54, 1.807) is 0 Å². The van der Waals surface area contributed by atoms with Gasteiger partial charge >= 0.3 is 5.97 Å². The Bertz CT molecular complexity index is 283. The van der Waals surface area contributed by atoms with Gasteiger partial charge in [-0.25, -0.2) is 0 Å². The molecule has 1 saturated carbocycles. The van der Waals surface area contributed by atoms with Crippen molar-refractivity contribution in [3.05, 3.63) is 0 Å². The normalized spacial score (nSPS) is 23.6. The largest absolute Gasteiger partial charge is 0.481 e. The van der Waals surface area contributed by atoms with Crippen LogP contribution in [0.5, 0.6) is 0 Å². The lowest BCUT2D eigenvalue weighted by molar-refractivity contribution is -0.148. The summed E-state index contributed by atoms with van der Waals surface area (Å²) in [6.07, 6.45) is 4.20. The maximum atomic E-state index is 12.0. The summed E-state index contributed by atoms with van der Waals surface area (Å²) < 4.78 is 0. The number of hydrogen-bond donors (Lipinski definition) is 2. The molecular formula is C13H23NO3S. The number of aliphatic carboxylic acids is 1. The number of thioether (sulfide) groups is 1. The predicted molar refractivity (Wildman–Crippen MR) is 73.7 cm³/mol. The zero-order valence-electron chi connectivity index (χ0n) is 11.0. The maximum Gasteiger partial charge on any atom is 0.307 e. The summed E-state index contributed by atoms with van der Waals surface area (Å²) >= 11 is 1.86. The zero-order chi connectivity index (χ0) is 13.4. The molecule has 0 aliphatic heterocycles. The zero-order valence-corrected chi connectivity index (χ0v) is 11.8. The highest BCUT2D eigenvalue weighted by atomic mass is 32.2. The Hall–Kier alpha value is -0.710. The first kappa shape index (κ1) is 15.3. The highest BCUT2D eigenvalue weighted by Gasteiger charge is 2.35. The van der Waals surface area contributed by atoms with Crippen LogP contribution in [0.4, 0.5) is 0 Å². The van der Waals surface area contributed by atoms with E-state index in [-0.39, 0.29) is 11.8 Å². The van der Waals surface area contributed by atoms with Crippen molar-refractivity contribution in [2.24, 2.45) is 11.8 Å². The third-order valence-corrected chi connectivity index (χ3v) is 4.37. The molecule has 1 rings (SSSR count). The van der Waals surface area contributed by atoms with Crippen LogP contribution in [0.15, 0.2) is 0 Å². The van der Waals surface area contributed by atoms with Crippen LogP contribution in [0.3, 0.4) is 0 Å². The van der Waals surface area contributed by atoms with Gasteiger partial charge in [-0.3, -0.25) is 9.59 Å². The van der Waals surface area contributed by atoms with E-state index < -0.39 is 11.9 Å². The minimum Gasteiger partial charge on any atom is -0.481 e. The molecular weight excluding hydrogens is 250 g/mol. The number of nitrogens with one attached hydrogen (secondary N) is 1. The van der Waals surface area contributed by atoms with Crippen LogP contribution in [-0.2, 0) is 9.59 Å². The maximum absolute atomic E-state index is 12.0. The van der Waals surface area contributed by atoms with Crippen LogP contribution >= 0.6 is 11.8 Å². The van der Waals surface area contributed by atoms with E-state index in [1.807, 2.05) is 11.8 Å². The van der Waals surface area contributed by atoms with E-state index in [4.69, 9.17) is 5.11 Å². The Kier molecular flexibility index (Phi) is 7.16. The average molecular weight is 273 g/mol. The van der Waals surface area contributed by atoms with E-state index in [2.05, 4.69) is 12.2 Å². The summed E-state index contributed by atoms with van der Waals surface area (Å²) in [5.74, 6) is 0.445.